The fourth-order valence-electron chi connectivity index (χ4n) is 2.85. The number of amides is 2. The first-order valence-corrected chi connectivity index (χ1v) is 9.45. The highest BCUT2D eigenvalue weighted by Crippen LogP contribution is 2.30. The maximum absolute atomic E-state index is 12.3. The molecule has 2 aromatic heterocycles. The Hall–Kier alpha value is -3.36. The van der Waals surface area contributed by atoms with Crippen LogP contribution in [0.15, 0.2) is 65.9 Å². The molecule has 0 spiro atoms. The van der Waals surface area contributed by atoms with Gasteiger partial charge in [-0.15, -0.1) is 11.3 Å². The van der Waals surface area contributed by atoms with E-state index in [-0.39, 0.29) is 18.8 Å². The minimum atomic E-state index is -0.447. The molecule has 140 valence electrons. The van der Waals surface area contributed by atoms with Gasteiger partial charge in [0.25, 0.3) is 11.8 Å². The molecule has 2 N–H and O–H groups in total. The quantitative estimate of drug-likeness (QED) is 0.626. The van der Waals surface area contributed by atoms with Gasteiger partial charge in [0, 0.05) is 40.7 Å². The fraction of sp³-hybridized carbons (Fsp3) is 0.100. The number of thiazole rings is 1. The van der Waals surface area contributed by atoms with Gasteiger partial charge in [-0.25, -0.2) is 4.98 Å². The summed E-state index contributed by atoms with van der Waals surface area (Å²) < 4.78 is 0. The van der Waals surface area contributed by atoms with E-state index in [0.29, 0.717) is 5.69 Å². The maximum atomic E-state index is 12.3. The Morgan fingerprint density at radius 3 is 2.79 bits per heavy atom. The van der Waals surface area contributed by atoms with Crippen molar-refractivity contribution in [2.45, 2.75) is 0 Å². The topological polar surface area (TPSA) is 95.4 Å². The molecule has 1 aromatic carbocycles. The molecule has 1 aliphatic heterocycles. The Balaban J connectivity index is 1.55. The third-order valence-corrected chi connectivity index (χ3v) is 5.07. The summed E-state index contributed by atoms with van der Waals surface area (Å²) in [6.07, 6.45) is 4.73. The lowest BCUT2D eigenvalue weighted by Crippen LogP contribution is -2.34. The summed E-state index contributed by atoms with van der Waals surface area (Å²) in [4.78, 5) is 33.9. The third kappa shape index (κ3) is 3.55. The van der Waals surface area contributed by atoms with Gasteiger partial charge in [-0.3, -0.25) is 19.5 Å². The number of imide groups is 1. The molecule has 0 saturated carbocycles. The molecule has 0 radical (unpaired) electrons. The molecule has 1 aliphatic rings. The van der Waals surface area contributed by atoms with Crippen molar-refractivity contribution in [1.29, 1.82) is 0 Å². The SMILES string of the molecule is O=C1C=C(Nc2cccc(-c3nc(-c4cccnc4)cs3)c2)C(=O)N1CCO. The van der Waals surface area contributed by atoms with Crippen LogP contribution in [0, 0.1) is 0 Å². The highest BCUT2D eigenvalue weighted by molar-refractivity contribution is 7.13. The lowest BCUT2D eigenvalue weighted by Gasteiger charge is -2.13. The smallest absolute Gasteiger partial charge is 0.277 e. The average Bonchev–Trinajstić information content (AvgIpc) is 3.31. The number of pyridine rings is 1. The first-order valence-electron chi connectivity index (χ1n) is 8.57. The summed E-state index contributed by atoms with van der Waals surface area (Å²) in [6.45, 7) is -0.285. The van der Waals surface area contributed by atoms with E-state index in [1.807, 2.05) is 41.8 Å². The van der Waals surface area contributed by atoms with Gasteiger partial charge in [0.15, 0.2) is 0 Å². The minimum absolute atomic E-state index is 0.0182. The second-order valence-electron chi connectivity index (χ2n) is 6.06. The molecule has 0 unspecified atom stereocenters. The van der Waals surface area contributed by atoms with Gasteiger partial charge in [0.2, 0.25) is 0 Å². The van der Waals surface area contributed by atoms with Gasteiger partial charge >= 0.3 is 0 Å². The normalized spacial score (nSPS) is 13.8. The number of β-amino-alcohol motifs (C(OH)–C–C–N with tert-alkyl or cyclic N) is 1. The molecule has 7 nitrogen and oxygen atoms in total. The van der Waals surface area contributed by atoms with Crippen LogP contribution in [0.2, 0.25) is 0 Å². The highest BCUT2D eigenvalue weighted by atomic mass is 32.1. The molecule has 0 bridgehead atoms. The fourth-order valence-corrected chi connectivity index (χ4v) is 3.67. The van der Waals surface area contributed by atoms with Crippen LogP contribution in [0.3, 0.4) is 0 Å². The zero-order chi connectivity index (χ0) is 19.5. The number of aliphatic hydroxyl groups excluding tert-OH is 1. The molecule has 0 fully saturated rings. The van der Waals surface area contributed by atoms with E-state index in [1.165, 1.54) is 17.4 Å². The number of carbonyl (C=O) groups excluding carboxylic acids is 2. The molecule has 28 heavy (non-hydrogen) atoms. The van der Waals surface area contributed by atoms with Gasteiger partial charge in [0.05, 0.1) is 18.8 Å². The molecular weight excluding hydrogens is 376 g/mol. The van der Waals surface area contributed by atoms with E-state index >= 15 is 0 Å². The number of hydrogen-bond donors (Lipinski definition) is 2. The molecule has 2 amide bonds. The van der Waals surface area contributed by atoms with Crippen molar-refractivity contribution in [3.8, 4) is 21.8 Å². The number of aliphatic hydroxyl groups is 1. The zero-order valence-corrected chi connectivity index (χ0v) is 15.5. The zero-order valence-electron chi connectivity index (χ0n) is 14.7. The van der Waals surface area contributed by atoms with E-state index in [4.69, 9.17) is 5.11 Å². The average molecular weight is 392 g/mol. The monoisotopic (exact) mass is 392 g/mol. The molecule has 3 heterocycles. The van der Waals surface area contributed by atoms with Crippen molar-refractivity contribution in [3.05, 3.63) is 65.9 Å². The molecule has 0 atom stereocenters. The molecule has 0 saturated heterocycles. The van der Waals surface area contributed by atoms with Gasteiger partial charge < -0.3 is 10.4 Å². The number of aromatic nitrogens is 2. The summed E-state index contributed by atoms with van der Waals surface area (Å²) in [6, 6.07) is 11.3. The van der Waals surface area contributed by atoms with Gasteiger partial charge in [-0.05, 0) is 24.3 Å². The summed E-state index contributed by atoms with van der Waals surface area (Å²) in [7, 11) is 0. The molecule has 8 heteroatoms. The van der Waals surface area contributed by atoms with Crippen LogP contribution >= 0.6 is 11.3 Å². The van der Waals surface area contributed by atoms with Crippen molar-refractivity contribution in [3.63, 3.8) is 0 Å². The van der Waals surface area contributed by atoms with Crippen LogP contribution in [0.25, 0.3) is 21.8 Å². The summed E-state index contributed by atoms with van der Waals surface area (Å²) >= 11 is 1.52. The van der Waals surface area contributed by atoms with Crippen molar-refractivity contribution in [1.82, 2.24) is 14.9 Å². The maximum Gasteiger partial charge on any atom is 0.277 e. The predicted octanol–water partition coefficient (Wildman–Crippen LogP) is 2.53. The van der Waals surface area contributed by atoms with Crippen LogP contribution in [-0.4, -0.2) is 44.9 Å². The van der Waals surface area contributed by atoms with Crippen LogP contribution in [0.4, 0.5) is 5.69 Å². The lowest BCUT2D eigenvalue weighted by molar-refractivity contribution is -0.137. The first kappa shape index (κ1) is 18.0. The number of rotatable bonds is 6. The van der Waals surface area contributed by atoms with E-state index in [9.17, 15) is 9.59 Å². The van der Waals surface area contributed by atoms with Crippen molar-refractivity contribution in [2.24, 2.45) is 0 Å². The van der Waals surface area contributed by atoms with Crippen molar-refractivity contribution in [2.75, 3.05) is 18.5 Å². The number of benzene rings is 1. The second-order valence-corrected chi connectivity index (χ2v) is 6.92. The Bertz CT molecular complexity index is 1060. The summed E-state index contributed by atoms with van der Waals surface area (Å²) in [5.74, 6) is -0.878. The number of nitrogens with zero attached hydrogens (tertiary/aromatic N) is 3. The molecule has 3 aromatic rings. The Kier molecular flexibility index (Phi) is 4.96. The molecular formula is C20H16N4O3S. The number of hydrogen-bond acceptors (Lipinski definition) is 7. The Labute approximate surface area is 165 Å². The van der Waals surface area contributed by atoms with Crippen molar-refractivity contribution < 1.29 is 14.7 Å². The van der Waals surface area contributed by atoms with Gasteiger partial charge in [-0.1, -0.05) is 12.1 Å². The largest absolute Gasteiger partial charge is 0.395 e. The van der Waals surface area contributed by atoms with E-state index in [0.717, 1.165) is 26.7 Å². The number of anilines is 1. The standard InChI is InChI=1S/C20H16N4O3S/c25-8-7-24-18(26)10-16(20(24)27)22-15-5-1-3-13(9-15)19-23-17(12-28-19)14-4-2-6-21-11-14/h1-6,9-12,22,25H,7-8H2. The van der Waals surface area contributed by atoms with Gasteiger partial charge in [-0.2, -0.15) is 0 Å². The highest BCUT2D eigenvalue weighted by Gasteiger charge is 2.30. The lowest BCUT2D eigenvalue weighted by atomic mass is 10.2. The van der Waals surface area contributed by atoms with Crippen molar-refractivity contribution >= 4 is 28.8 Å². The third-order valence-electron chi connectivity index (χ3n) is 4.18. The van der Waals surface area contributed by atoms with E-state index < -0.39 is 11.8 Å². The van der Waals surface area contributed by atoms with E-state index in [1.54, 1.807) is 12.4 Å². The predicted molar refractivity (Wildman–Crippen MR) is 106 cm³/mol. The molecule has 4 rings (SSSR count). The van der Waals surface area contributed by atoms with Crippen LogP contribution in [0.1, 0.15) is 0 Å². The first-order chi connectivity index (χ1) is 13.7. The minimum Gasteiger partial charge on any atom is -0.395 e. The summed E-state index contributed by atoms with van der Waals surface area (Å²) in [5.41, 5.74) is 3.56. The van der Waals surface area contributed by atoms with E-state index in [2.05, 4.69) is 15.3 Å². The molecule has 0 aliphatic carbocycles. The Morgan fingerprint density at radius 1 is 1.14 bits per heavy atom. The van der Waals surface area contributed by atoms with Crippen LogP contribution in [0.5, 0.6) is 0 Å². The van der Waals surface area contributed by atoms with Gasteiger partial charge in [0.1, 0.15) is 10.7 Å². The van der Waals surface area contributed by atoms with Crippen LogP contribution in [-0.2, 0) is 9.59 Å². The summed E-state index contributed by atoms with van der Waals surface area (Å²) in [5, 5.41) is 14.8. The number of nitrogens with one attached hydrogen (secondary N) is 1. The second kappa shape index (κ2) is 7.71. The number of carbonyl (C=O) groups is 2. The van der Waals surface area contributed by atoms with Crippen LogP contribution < -0.4 is 5.32 Å². The Morgan fingerprint density at radius 2 is 2.00 bits per heavy atom.